The largest absolute Gasteiger partial charge is 0.493 e. The number of carbonyl (C=O) groups excluding carboxylic acids is 2. The lowest BCUT2D eigenvalue weighted by atomic mass is 10.2. The van der Waals surface area contributed by atoms with E-state index in [1.807, 2.05) is 0 Å². The van der Waals surface area contributed by atoms with Crippen molar-refractivity contribution in [3.05, 3.63) is 48.1 Å². The summed E-state index contributed by atoms with van der Waals surface area (Å²) in [6.07, 6.45) is 6.88. The van der Waals surface area contributed by atoms with Crippen LogP contribution in [-0.2, 0) is 9.53 Å². The van der Waals surface area contributed by atoms with Gasteiger partial charge in [0, 0.05) is 6.08 Å². The van der Waals surface area contributed by atoms with Crippen molar-refractivity contribution in [1.29, 1.82) is 0 Å². The van der Waals surface area contributed by atoms with Crippen LogP contribution in [0.1, 0.15) is 10.4 Å². The van der Waals surface area contributed by atoms with Crippen molar-refractivity contribution in [3.63, 3.8) is 0 Å². The van der Waals surface area contributed by atoms with Gasteiger partial charge in [0.05, 0.1) is 19.8 Å². The number of methoxy groups -OCH3 is 2. The molecule has 0 spiro atoms. The number of hydrogen-bond acceptors (Lipinski definition) is 5. The highest BCUT2D eigenvalue weighted by molar-refractivity contribution is 5.82. The number of allylic oxidation sites excluding steroid dienone is 2. The molecule has 0 unspecified atom stereocenters. The fourth-order valence-electron chi connectivity index (χ4n) is 1.41. The Kier molecular flexibility index (Phi) is 6.61. The smallest absolute Gasteiger partial charge is 0.330 e. The molecule has 5 heteroatoms. The average molecular weight is 276 g/mol. The van der Waals surface area contributed by atoms with Crippen LogP contribution >= 0.6 is 0 Å². The maximum absolute atomic E-state index is 10.9. The maximum Gasteiger partial charge on any atom is 0.330 e. The normalized spacial score (nSPS) is 10.7. The van der Waals surface area contributed by atoms with Crippen LogP contribution in [0.5, 0.6) is 11.5 Å². The summed E-state index contributed by atoms with van der Waals surface area (Å²) in [5, 5.41) is 0. The van der Waals surface area contributed by atoms with Crippen LogP contribution in [0.15, 0.2) is 42.5 Å². The lowest BCUT2D eigenvalue weighted by molar-refractivity contribution is -0.134. The molecule has 106 valence electrons. The Morgan fingerprint density at radius 2 is 2.05 bits per heavy atom. The van der Waals surface area contributed by atoms with Gasteiger partial charge in [-0.15, -0.1) is 0 Å². The second-order valence-corrected chi connectivity index (χ2v) is 3.62. The van der Waals surface area contributed by atoms with Crippen molar-refractivity contribution >= 4 is 12.3 Å². The van der Waals surface area contributed by atoms with Gasteiger partial charge >= 0.3 is 5.97 Å². The predicted octanol–water partition coefficient (Wildman–Crippen LogP) is 2.17. The molecule has 0 bridgehead atoms. The first-order chi connectivity index (χ1) is 9.72. The Balaban J connectivity index is 2.62. The number of para-hydroxylation sites is 1. The molecule has 0 heterocycles. The number of aldehydes is 1. The first kappa shape index (κ1) is 15.5. The molecule has 0 fully saturated rings. The van der Waals surface area contributed by atoms with Crippen molar-refractivity contribution in [2.75, 3.05) is 20.8 Å². The average Bonchev–Trinajstić information content (AvgIpc) is 2.49. The third-order valence-electron chi connectivity index (χ3n) is 2.36. The zero-order valence-corrected chi connectivity index (χ0v) is 11.4. The van der Waals surface area contributed by atoms with Crippen LogP contribution < -0.4 is 9.47 Å². The lowest BCUT2D eigenvalue weighted by Crippen LogP contribution is -2.00. The zero-order valence-electron chi connectivity index (χ0n) is 11.4. The van der Waals surface area contributed by atoms with Gasteiger partial charge in [-0.05, 0) is 18.2 Å². The fourth-order valence-corrected chi connectivity index (χ4v) is 1.41. The van der Waals surface area contributed by atoms with E-state index in [1.165, 1.54) is 26.4 Å². The quantitative estimate of drug-likeness (QED) is 0.330. The highest BCUT2D eigenvalue weighted by Crippen LogP contribution is 2.29. The molecule has 5 nitrogen and oxygen atoms in total. The van der Waals surface area contributed by atoms with E-state index in [-0.39, 0.29) is 6.61 Å². The SMILES string of the molecule is COC(=O)/C=C/C=C/COc1c(C=O)cccc1OC. The standard InChI is InChI=1S/C15H16O5/c1-18-13-8-6-7-12(11-16)15(13)20-10-5-3-4-9-14(17)19-2/h3-9,11H,10H2,1-2H3/b5-3+,9-4+. The molecular weight excluding hydrogens is 260 g/mol. The minimum atomic E-state index is -0.427. The van der Waals surface area contributed by atoms with E-state index in [0.717, 1.165) is 0 Å². The molecule has 0 saturated carbocycles. The van der Waals surface area contributed by atoms with Crippen molar-refractivity contribution in [3.8, 4) is 11.5 Å². The monoisotopic (exact) mass is 276 g/mol. The molecule has 20 heavy (non-hydrogen) atoms. The summed E-state index contributed by atoms with van der Waals surface area (Å²) < 4.78 is 15.1. The second kappa shape index (κ2) is 8.53. The van der Waals surface area contributed by atoms with Crippen LogP contribution in [0.4, 0.5) is 0 Å². The molecule has 0 aromatic heterocycles. The molecule has 0 N–H and O–H groups in total. The fraction of sp³-hybridized carbons (Fsp3) is 0.200. The Bertz CT molecular complexity index is 517. The number of rotatable bonds is 7. The summed E-state index contributed by atoms with van der Waals surface area (Å²) in [5.74, 6) is 0.461. The van der Waals surface area contributed by atoms with Crippen molar-refractivity contribution in [1.82, 2.24) is 0 Å². The first-order valence-electron chi connectivity index (χ1n) is 5.89. The molecular formula is C15H16O5. The molecule has 1 aromatic rings. The van der Waals surface area contributed by atoms with E-state index >= 15 is 0 Å². The Morgan fingerprint density at radius 3 is 2.70 bits per heavy atom. The third-order valence-corrected chi connectivity index (χ3v) is 2.36. The topological polar surface area (TPSA) is 61.8 Å². The van der Waals surface area contributed by atoms with Crippen molar-refractivity contribution < 1.29 is 23.8 Å². The summed E-state index contributed by atoms with van der Waals surface area (Å²) in [4.78, 5) is 21.7. The molecule has 0 aliphatic carbocycles. The van der Waals surface area contributed by atoms with Crippen molar-refractivity contribution in [2.24, 2.45) is 0 Å². The Hall–Kier alpha value is -2.56. The summed E-state index contributed by atoms with van der Waals surface area (Å²) in [6, 6.07) is 5.07. The Morgan fingerprint density at radius 1 is 1.25 bits per heavy atom. The molecule has 0 aliphatic heterocycles. The number of carbonyl (C=O) groups is 2. The second-order valence-electron chi connectivity index (χ2n) is 3.62. The summed E-state index contributed by atoms with van der Waals surface area (Å²) in [7, 11) is 2.81. The van der Waals surface area contributed by atoms with E-state index in [4.69, 9.17) is 9.47 Å². The van der Waals surface area contributed by atoms with Crippen molar-refractivity contribution in [2.45, 2.75) is 0 Å². The van der Waals surface area contributed by atoms with E-state index in [2.05, 4.69) is 4.74 Å². The van der Waals surface area contributed by atoms with E-state index in [1.54, 1.807) is 30.4 Å². The van der Waals surface area contributed by atoms with E-state index < -0.39 is 5.97 Å². The number of ether oxygens (including phenoxy) is 3. The third kappa shape index (κ3) is 4.61. The van der Waals surface area contributed by atoms with Gasteiger partial charge in [-0.3, -0.25) is 4.79 Å². The molecule has 1 aromatic carbocycles. The zero-order chi connectivity index (χ0) is 14.8. The predicted molar refractivity (Wildman–Crippen MR) is 74.2 cm³/mol. The highest BCUT2D eigenvalue weighted by Gasteiger charge is 2.08. The molecule has 0 amide bonds. The molecule has 1 rings (SSSR count). The van der Waals surface area contributed by atoms with Gasteiger partial charge < -0.3 is 14.2 Å². The summed E-state index contributed by atoms with van der Waals surface area (Å²) in [6.45, 7) is 0.243. The molecule has 0 saturated heterocycles. The molecule has 0 aliphatic rings. The van der Waals surface area contributed by atoms with E-state index in [9.17, 15) is 9.59 Å². The van der Waals surface area contributed by atoms with Gasteiger partial charge in [0.15, 0.2) is 17.8 Å². The number of esters is 1. The van der Waals surface area contributed by atoms with Gasteiger partial charge in [0.1, 0.15) is 6.61 Å². The Labute approximate surface area is 117 Å². The number of benzene rings is 1. The van der Waals surface area contributed by atoms with Gasteiger partial charge in [0.25, 0.3) is 0 Å². The molecule has 0 radical (unpaired) electrons. The van der Waals surface area contributed by atoms with Crippen LogP contribution in [0, 0.1) is 0 Å². The minimum Gasteiger partial charge on any atom is -0.493 e. The van der Waals surface area contributed by atoms with Gasteiger partial charge in [-0.1, -0.05) is 18.2 Å². The first-order valence-corrected chi connectivity index (χ1v) is 5.89. The highest BCUT2D eigenvalue weighted by atomic mass is 16.5. The van der Waals surface area contributed by atoms with Gasteiger partial charge in [-0.25, -0.2) is 4.79 Å². The maximum atomic E-state index is 10.9. The lowest BCUT2D eigenvalue weighted by Gasteiger charge is -2.10. The van der Waals surface area contributed by atoms with Crippen LogP contribution in [-0.4, -0.2) is 33.1 Å². The van der Waals surface area contributed by atoms with Crippen LogP contribution in [0.2, 0.25) is 0 Å². The molecule has 0 atom stereocenters. The van der Waals surface area contributed by atoms with Gasteiger partial charge in [-0.2, -0.15) is 0 Å². The van der Waals surface area contributed by atoms with E-state index in [0.29, 0.717) is 23.3 Å². The van der Waals surface area contributed by atoms with Crippen LogP contribution in [0.25, 0.3) is 0 Å². The summed E-state index contributed by atoms with van der Waals surface area (Å²) >= 11 is 0. The van der Waals surface area contributed by atoms with Crippen LogP contribution in [0.3, 0.4) is 0 Å². The summed E-state index contributed by atoms with van der Waals surface area (Å²) in [5.41, 5.74) is 0.419. The minimum absolute atomic E-state index is 0.243. The van der Waals surface area contributed by atoms with Gasteiger partial charge in [0.2, 0.25) is 0 Å². The number of hydrogen-bond donors (Lipinski definition) is 0.